The van der Waals surface area contributed by atoms with Gasteiger partial charge in [0.25, 0.3) is 0 Å². The smallest absolute Gasteiger partial charge is 0.309 e. The summed E-state index contributed by atoms with van der Waals surface area (Å²) in [6, 6.07) is 15.0. The molecule has 2 aromatic carbocycles. The maximum absolute atomic E-state index is 11.4. The quantitative estimate of drug-likeness (QED) is 0.676. The summed E-state index contributed by atoms with van der Waals surface area (Å²) in [5, 5.41) is 9.75. The molecule has 2 aromatic rings. The van der Waals surface area contributed by atoms with Gasteiger partial charge in [-0.25, -0.2) is 0 Å². The predicted molar refractivity (Wildman–Crippen MR) is 79.8 cm³/mol. The molecule has 0 saturated carbocycles. The largest absolute Gasteiger partial charge is 0.507 e. The zero-order valence-electron chi connectivity index (χ0n) is 11.2. The molecule has 0 fully saturated rings. The fourth-order valence-corrected chi connectivity index (χ4v) is 2.82. The Balaban J connectivity index is 2.10. The van der Waals surface area contributed by atoms with E-state index in [4.69, 9.17) is 4.74 Å². The van der Waals surface area contributed by atoms with Gasteiger partial charge >= 0.3 is 5.97 Å². The topological polar surface area (TPSA) is 46.5 Å². The molecule has 2 rings (SSSR count). The van der Waals surface area contributed by atoms with E-state index in [1.54, 1.807) is 23.9 Å². The lowest BCUT2D eigenvalue weighted by Gasteiger charge is -2.09. The van der Waals surface area contributed by atoms with Gasteiger partial charge in [-0.3, -0.25) is 4.79 Å². The number of methoxy groups -OCH3 is 1. The molecule has 0 amide bonds. The summed E-state index contributed by atoms with van der Waals surface area (Å²) in [5.74, 6) is 0.734. The molecule has 0 bridgehead atoms. The van der Waals surface area contributed by atoms with Crippen LogP contribution in [0, 0.1) is 0 Å². The Kier molecular flexibility index (Phi) is 5.07. The summed E-state index contributed by atoms with van der Waals surface area (Å²) in [7, 11) is 1.39. The normalized spacial score (nSPS) is 10.2. The lowest BCUT2D eigenvalue weighted by Crippen LogP contribution is -2.06. The van der Waals surface area contributed by atoms with Crippen molar-refractivity contribution in [2.75, 3.05) is 7.11 Å². The third-order valence-corrected chi connectivity index (χ3v) is 4.04. The van der Waals surface area contributed by atoms with Gasteiger partial charge in [-0.1, -0.05) is 36.4 Å². The molecule has 104 valence electrons. The second kappa shape index (κ2) is 7.01. The summed E-state index contributed by atoms with van der Waals surface area (Å²) in [6.07, 6.45) is 0.272. The summed E-state index contributed by atoms with van der Waals surface area (Å²) >= 11 is 1.55. The van der Waals surface area contributed by atoms with Crippen LogP contribution in [0.25, 0.3) is 0 Å². The van der Waals surface area contributed by atoms with E-state index in [0.717, 1.165) is 16.0 Å². The first-order valence-corrected chi connectivity index (χ1v) is 7.23. The van der Waals surface area contributed by atoms with E-state index < -0.39 is 0 Å². The number of para-hydroxylation sites is 1. The number of phenols is 1. The molecule has 0 unspecified atom stereocenters. The first-order chi connectivity index (χ1) is 9.70. The van der Waals surface area contributed by atoms with Gasteiger partial charge in [0.15, 0.2) is 0 Å². The van der Waals surface area contributed by atoms with E-state index in [1.807, 2.05) is 36.4 Å². The number of ether oxygens (including phenoxy) is 1. The van der Waals surface area contributed by atoms with Gasteiger partial charge in [-0.2, -0.15) is 0 Å². The first-order valence-electron chi connectivity index (χ1n) is 6.25. The monoisotopic (exact) mass is 288 g/mol. The number of carbonyl (C=O) groups excluding carboxylic acids is 1. The van der Waals surface area contributed by atoms with E-state index in [2.05, 4.69) is 0 Å². The molecule has 0 spiro atoms. The fourth-order valence-electron chi connectivity index (χ4n) is 1.83. The Hall–Kier alpha value is -1.94. The van der Waals surface area contributed by atoms with Gasteiger partial charge in [0, 0.05) is 10.6 Å². The number of carbonyl (C=O) groups is 1. The van der Waals surface area contributed by atoms with Crippen molar-refractivity contribution in [2.45, 2.75) is 17.1 Å². The molecule has 4 heteroatoms. The number of aromatic hydroxyl groups is 1. The van der Waals surface area contributed by atoms with Gasteiger partial charge in [0.2, 0.25) is 0 Å². The second-order valence-corrected chi connectivity index (χ2v) is 5.30. The third kappa shape index (κ3) is 3.78. The number of rotatable bonds is 5. The molecule has 0 saturated heterocycles. The van der Waals surface area contributed by atoms with Crippen LogP contribution in [0.15, 0.2) is 53.4 Å². The number of esters is 1. The third-order valence-electron chi connectivity index (χ3n) is 2.93. The fraction of sp³-hybridized carbons (Fsp3) is 0.188. The van der Waals surface area contributed by atoms with Crippen LogP contribution in [0.4, 0.5) is 0 Å². The highest BCUT2D eigenvalue weighted by Crippen LogP contribution is 2.31. The van der Waals surface area contributed by atoms with Crippen molar-refractivity contribution in [3.8, 4) is 5.75 Å². The summed E-state index contributed by atoms with van der Waals surface area (Å²) in [6.45, 7) is 0. The number of hydrogen-bond acceptors (Lipinski definition) is 4. The van der Waals surface area contributed by atoms with Gasteiger partial charge in [-0.05, 0) is 23.3 Å². The van der Waals surface area contributed by atoms with Crippen LogP contribution in [0.2, 0.25) is 0 Å². The van der Waals surface area contributed by atoms with E-state index in [1.165, 1.54) is 7.11 Å². The molecule has 0 aliphatic carbocycles. The van der Waals surface area contributed by atoms with Crippen molar-refractivity contribution >= 4 is 17.7 Å². The van der Waals surface area contributed by atoms with Gasteiger partial charge in [-0.15, -0.1) is 11.8 Å². The van der Waals surface area contributed by atoms with Gasteiger partial charge in [0.05, 0.1) is 13.5 Å². The molecule has 0 aliphatic heterocycles. The summed E-state index contributed by atoms with van der Waals surface area (Å²) in [4.78, 5) is 12.2. The minimum atomic E-state index is -0.245. The van der Waals surface area contributed by atoms with Crippen LogP contribution in [0.5, 0.6) is 5.75 Å². The summed E-state index contributed by atoms with van der Waals surface area (Å²) in [5.41, 5.74) is 2.04. The van der Waals surface area contributed by atoms with E-state index in [0.29, 0.717) is 5.75 Å². The van der Waals surface area contributed by atoms with Crippen molar-refractivity contribution < 1.29 is 14.6 Å². The highest BCUT2D eigenvalue weighted by Gasteiger charge is 2.09. The van der Waals surface area contributed by atoms with Crippen molar-refractivity contribution in [3.63, 3.8) is 0 Å². The molecule has 3 nitrogen and oxygen atoms in total. The van der Waals surface area contributed by atoms with Crippen LogP contribution >= 0.6 is 11.8 Å². The zero-order chi connectivity index (χ0) is 14.4. The Morgan fingerprint density at radius 2 is 1.75 bits per heavy atom. The maximum Gasteiger partial charge on any atom is 0.309 e. The molecule has 0 atom stereocenters. The van der Waals surface area contributed by atoms with Crippen molar-refractivity contribution in [1.82, 2.24) is 0 Å². The molecule has 0 radical (unpaired) electrons. The Morgan fingerprint density at radius 3 is 2.45 bits per heavy atom. The highest BCUT2D eigenvalue weighted by atomic mass is 32.2. The molecule has 1 N–H and O–H groups in total. The Bertz CT molecular complexity index is 596. The molecule has 0 aliphatic rings. The lowest BCUT2D eigenvalue weighted by atomic mass is 10.1. The summed E-state index contributed by atoms with van der Waals surface area (Å²) < 4.78 is 4.71. The van der Waals surface area contributed by atoms with Crippen LogP contribution in [0.1, 0.15) is 11.1 Å². The zero-order valence-corrected chi connectivity index (χ0v) is 12.0. The van der Waals surface area contributed by atoms with Crippen LogP contribution in [0.3, 0.4) is 0 Å². The lowest BCUT2D eigenvalue weighted by molar-refractivity contribution is -0.139. The Labute approximate surface area is 122 Å². The number of hydrogen-bond donors (Lipinski definition) is 1. The minimum absolute atomic E-state index is 0.245. The molecular formula is C16H16O3S. The van der Waals surface area contributed by atoms with E-state index in [9.17, 15) is 9.90 Å². The van der Waals surface area contributed by atoms with Crippen molar-refractivity contribution in [3.05, 3.63) is 59.7 Å². The average molecular weight is 288 g/mol. The SMILES string of the molecule is COC(=O)Cc1ccccc1CSc1ccccc1O. The molecule has 20 heavy (non-hydrogen) atoms. The van der Waals surface area contributed by atoms with Gasteiger partial charge < -0.3 is 9.84 Å². The molecular weight excluding hydrogens is 272 g/mol. The van der Waals surface area contributed by atoms with Crippen molar-refractivity contribution in [1.29, 1.82) is 0 Å². The van der Waals surface area contributed by atoms with Crippen molar-refractivity contribution in [2.24, 2.45) is 0 Å². The highest BCUT2D eigenvalue weighted by molar-refractivity contribution is 7.98. The standard InChI is InChI=1S/C16H16O3S/c1-19-16(18)10-12-6-2-3-7-13(12)11-20-15-9-5-4-8-14(15)17/h2-9,17H,10-11H2,1H3. The van der Waals surface area contributed by atoms with E-state index >= 15 is 0 Å². The van der Waals surface area contributed by atoms with Crippen LogP contribution in [-0.2, 0) is 21.7 Å². The maximum atomic E-state index is 11.4. The van der Waals surface area contributed by atoms with Gasteiger partial charge in [0.1, 0.15) is 5.75 Å². The van der Waals surface area contributed by atoms with Crippen LogP contribution < -0.4 is 0 Å². The predicted octanol–water partition coefficient (Wildman–Crippen LogP) is 3.40. The first kappa shape index (κ1) is 14.5. The number of phenolic OH excluding ortho intramolecular Hbond substituents is 1. The molecule has 0 heterocycles. The Morgan fingerprint density at radius 1 is 1.10 bits per heavy atom. The number of thioether (sulfide) groups is 1. The number of benzene rings is 2. The minimum Gasteiger partial charge on any atom is -0.507 e. The average Bonchev–Trinajstić information content (AvgIpc) is 2.47. The molecule has 0 aromatic heterocycles. The van der Waals surface area contributed by atoms with E-state index in [-0.39, 0.29) is 18.1 Å². The van der Waals surface area contributed by atoms with Crippen LogP contribution in [-0.4, -0.2) is 18.2 Å². The second-order valence-electron chi connectivity index (χ2n) is 4.28.